The van der Waals surface area contributed by atoms with Crippen molar-refractivity contribution in [3.8, 4) is 5.75 Å². The number of amides is 2. The van der Waals surface area contributed by atoms with Crippen molar-refractivity contribution in [2.75, 3.05) is 25.0 Å². The third-order valence-corrected chi connectivity index (χ3v) is 8.49. The maximum absolute atomic E-state index is 13.9. The molecule has 0 fully saturated rings. The van der Waals surface area contributed by atoms with Crippen molar-refractivity contribution >= 4 is 50.7 Å². The van der Waals surface area contributed by atoms with Gasteiger partial charge >= 0.3 is 0 Å². The van der Waals surface area contributed by atoms with E-state index in [4.69, 9.17) is 27.9 Å². The second-order valence-corrected chi connectivity index (χ2v) is 11.0. The molecule has 1 atom stereocenters. The molecule has 3 aromatic rings. The van der Waals surface area contributed by atoms with Crippen molar-refractivity contribution in [1.82, 2.24) is 10.2 Å². The second kappa shape index (κ2) is 13.0. The van der Waals surface area contributed by atoms with Crippen LogP contribution in [0.1, 0.15) is 18.9 Å². The molecule has 0 aliphatic carbocycles. The maximum atomic E-state index is 13.9. The van der Waals surface area contributed by atoms with Crippen molar-refractivity contribution in [1.29, 1.82) is 0 Å². The Kier molecular flexibility index (Phi) is 10.0. The summed E-state index contributed by atoms with van der Waals surface area (Å²) in [6.07, 6.45) is 0.279. The maximum Gasteiger partial charge on any atom is 0.264 e. The van der Waals surface area contributed by atoms with Gasteiger partial charge in [-0.05, 0) is 55.0 Å². The molecule has 1 N–H and O–H groups in total. The Morgan fingerprint density at radius 3 is 2.08 bits per heavy atom. The van der Waals surface area contributed by atoms with E-state index in [1.807, 2.05) is 0 Å². The third kappa shape index (κ3) is 6.59. The smallest absolute Gasteiger partial charge is 0.264 e. The van der Waals surface area contributed by atoms with Crippen LogP contribution in [0.4, 0.5) is 5.69 Å². The summed E-state index contributed by atoms with van der Waals surface area (Å²) in [5.41, 5.74) is 0.708. The summed E-state index contributed by atoms with van der Waals surface area (Å²) in [5.74, 6) is -0.476. The van der Waals surface area contributed by atoms with E-state index < -0.39 is 34.4 Å². The zero-order valence-corrected chi connectivity index (χ0v) is 23.6. The molecule has 0 aromatic heterocycles. The van der Waals surface area contributed by atoms with Crippen molar-refractivity contribution in [2.24, 2.45) is 0 Å². The van der Waals surface area contributed by atoms with Gasteiger partial charge in [-0.1, -0.05) is 54.4 Å². The van der Waals surface area contributed by atoms with E-state index in [1.165, 1.54) is 31.2 Å². The number of ether oxygens (including phenoxy) is 1. The van der Waals surface area contributed by atoms with Gasteiger partial charge in [-0.2, -0.15) is 0 Å². The van der Waals surface area contributed by atoms with E-state index in [9.17, 15) is 18.0 Å². The number of methoxy groups -OCH3 is 1. The molecule has 202 valence electrons. The number of sulfonamides is 1. The molecule has 8 nitrogen and oxygen atoms in total. The first-order valence-corrected chi connectivity index (χ1v) is 14.0. The van der Waals surface area contributed by atoms with Gasteiger partial charge in [-0.3, -0.25) is 13.9 Å². The standard InChI is InChI=1S/C27H29Cl2N3O5S/c1-4-25(27(34)30-2)31(17-22-23(28)11-8-12-24(22)29)26(33)18-32(19-13-15-20(37-3)16-14-19)38(35,36)21-9-6-5-7-10-21/h5-16,25H,4,17-18H2,1-3H3,(H,30,34)/t25-/m0/s1. The number of anilines is 1. The lowest BCUT2D eigenvalue weighted by atomic mass is 10.1. The molecule has 0 saturated carbocycles. The third-order valence-electron chi connectivity index (χ3n) is 5.99. The number of nitrogens with zero attached hydrogens (tertiary/aromatic N) is 2. The van der Waals surface area contributed by atoms with E-state index in [0.717, 1.165) is 4.31 Å². The molecule has 0 aliphatic rings. The summed E-state index contributed by atoms with van der Waals surface area (Å²) in [5, 5.41) is 3.23. The average Bonchev–Trinajstić information content (AvgIpc) is 2.93. The molecule has 2 amide bonds. The van der Waals surface area contributed by atoms with Gasteiger partial charge in [0.25, 0.3) is 10.0 Å². The van der Waals surface area contributed by atoms with E-state index in [1.54, 1.807) is 67.6 Å². The van der Waals surface area contributed by atoms with E-state index >= 15 is 0 Å². The summed E-state index contributed by atoms with van der Waals surface area (Å²) in [4.78, 5) is 28.0. The first kappa shape index (κ1) is 29.3. The highest BCUT2D eigenvalue weighted by Crippen LogP contribution is 2.29. The highest BCUT2D eigenvalue weighted by atomic mass is 35.5. The van der Waals surface area contributed by atoms with Gasteiger partial charge in [0, 0.05) is 29.2 Å². The van der Waals surface area contributed by atoms with Crippen LogP contribution in [0.15, 0.2) is 77.7 Å². The van der Waals surface area contributed by atoms with E-state index in [-0.39, 0.29) is 23.5 Å². The minimum absolute atomic E-state index is 0.0164. The summed E-state index contributed by atoms with van der Waals surface area (Å²) in [6.45, 7) is 1.10. The summed E-state index contributed by atoms with van der Waals surface area (Å²) in [7, 11) is -1.19. The van der Waals surface area contributed by atoms with Crippen LogP contribution in [0, 0.1) is 0 Å². The molecule has 3 aromatic carbocycles. The van der Waals surface area contributed by atoms with Gasteiger partial charge in [0.2, 0.25) is 11.8 Å². The Hall–Kier alpha value is -3.27. The van der Waals surface area contributed by atoms with Crippen LogP contribution in [-0.4, -0.2) is 51.9 Å². The summed E-state index contributed by atoms with van der Waals surface area (Å²) >= 11 is 12.8. The predicted molar refractivity (Wildman–Crippen MR) is 149 cm³/mol. The highest BCUT2D eigenvalue weighted by molar-refractivity contribution is 7.92. The number of benzene rings is 3. The second-order valence-electron chi connectivity index (χ2n) is 8.28. The molecule has 0 bridgehead atoms. The Balaban J connectivity index is 2.08. The molecular weight excluding hydrogens is 549 g/mol. The minimum atomic E-state index is -4.16. The average molecular weight is 579 g/mol. The highest BCUT2D eigenvalue weighted by Gasteiger charge is 2.34. The molecule has 0 aliphatic heterocycles. The van der Waals surface area contributed by atoms with Crippen molar-refractivity contribution in [2.45, 2.75) is 30.8 Å². The first-order chi connectivity index (χ1) is 18.1. The fourth-order valence-corrected chi connectivity index (χ4v) is 5.89. The summed E-state index contributed by atoms with van der Waals surface area (Å²) < 4.78 is 33.7. The van der Waals surface area contributed by atoms with Gasteiger partial charge in [0.05, 0.1) is 17.7 Å². The molecule has 0 spiro atoms. The topological polar surface area (TPSA) is 96.0 Å². The summed E-state index contributed by atoms with van der Waals surface area (Å²) in [6, 6.07) is 18.2. The largest absolute Gasteiger partial charge is 0.497 e. The van der Waals surface area contributed by atoms with Gasteiger partial charge in [0.1, 0.15) is 18.3 Å². The fourth-order valence-electron chi connectivity index (χ4n) is 3.94. The molecule has 0 saturated heterocycles. The van der Waals surface area contributed by atoms with Gasteiger partial charge < -0.3 is 15.0 Å². The SMILES string of the molecule is CC[C@@H](C(=O)NC)N(Cc1c(Cl)cccc1Cl)C(=O)CN(c1ccc(OC)cc1)S(=O)(=O)c1ccccc1. The van der Waals surface area contributed by atoms with Crippen LogP contribution in [-0.2, 0) is 26.2 Å². The lowest BCUT2D eigenvalue weighted by molar-refractivity contribution is -0.140. The van der Waals surface area contributed by atoms with Crippen LogP contribution in [0.3, 0.4) is 0 Å². The Morgan fingerprint density at radius 2 is 1.55 bits per heavy atom. The number of hydrogen-bond donors (Lipinski definition) is 1. The number of hydrogen-bond acceptors (Lipinski definition) is 5. The number of carbonyl (C=O) groups is 2. The van der Waals surface area contributed by atoms with Crippen LogP contribution >= 0.6 is 23.2 Å². The zero-order chi connectivity index (χ0) is 27.9. The van der Waals surface area contributed by atoms with Crippen LogP contribution < -0.4 is 14.4 Å². The Labute approximate surface area is 233 Å². The van der Waals surface area contributed by atoms with Gasteiger partial charge in [-0.25, -0.2) is 8.42 Å². The lowest BCUT2D eigenvalue weighted by Crippen LogP contribution is -2.51. The first-order valence-electron chi connectivity index (χ1n) is 11.8. The van der Waals surface area contributed by atoms with Crippen LogP contribution in [0.5, 0.6) is 5.75 Å². The Bertz CT molecular complexity index is 1350. The predicted octanol–water partition coefficient (Wildman–Crippen LogP) is 4.75. The van der Waals surface area contributed by atoms with Gasteiger partial charge in [-0.15, -0.1) is 0 Å². The zero-order valence-electron chi connectivity index (χ0n) is 21.2. The molecule has 3 rings (SSSR count). The molecular formula is C27H29Cl2N3O5S. The van der Waals surface area contributed by atoms with Crippen LogP contribution in [0.2, 0.25) is 10.0 Å². The quantitative estimate of drug-likeness (QED) is 0.354. The van der Waals surface area contributed by atoms with Crippen LogP contribution in [0.25, 0.3) is 0 Å². The molecule has 0 radical (unpaired) electrons. The molecule has 38 heavy (non-hydrogen) atoms. The lowest BCUT2D eigenvalue weighted by Gasteiger charge is -2.33. The molecule has 0 unspecified atom stereocenters. The molecule has 0 heterocycles. The number of carbonyl (C=O) groups excluding carboxylic acids is 2. The fraction of sp³-hybridized carbons (Fsp3) is 0.259. The van der Waals surface area contributed by atoms with Crippen molar-refractivity contribution in [3.63, 3.8) is 0 Å². The number of rotatable bonds is 11. The molecule has 11 heteroatoms. The normalized spacial score (nSPS) is 11.9. The van der Waals surface area contributed by atoms with Crippen molar-refractivity contribution in [3.05, 3.63) is 88.4 Å². The van der Waals surface area contributed by atoms with E-state index in [0.29, 0.717) is 21.4 Å². The number of nitrogens with one attached hydrogen (secondary N) is 1. The van der Waals surface area contributed by atoms with Gasteiger partial charge in [0.15, 0.2) is 0 Å². The number of halogens is 2. The monoisotopic (exact) mass is 577 g/mol. The van der Waals surface area contributed by atoms with Crippen molar-refractivity contribution < 1.29 is 22.7 Å². The Morgan fingerprint density at radius 1 is 0.947 bits per heavy atom. The van der Waals surface area contributed by atoms with E-state index in [2.05, 4.69) is 5.32 Å². The number of likely N-dealkylation sites (N-methyl/N-ethyl adjacent to an activating group) is 1. The minimum Gasteiger partial charge on any atom is -0.497 e.